The van der Waals surface area contributed by atoms with Crippen LogP contribution in [0.5, 0.6) is 0 Å². The molecule has 1 saturated heterocycles. The van der Waals surface area contributed by atoms with E-state index < -0.39 is 16.1 Å². The summed E-state index contributed by atoms with van der Waals surface area (Å²) in [6, 6.07) is 17.7. The van der Waals surface area contributed by atoms with E-state index in [0.29, 0.717) is 32.2 Å². The summed E-state index contributed by atoms with van der Waals surface area (Å²) in [6.45, 7) is 0.567. The van der Waals surface area contributed by atoms with Crippen LogP contribution < -0.4 is 4.72 Å². The Morgan fingerprint density at radius 1 is 1.07 bits per heavy atom. The van der Waals surface area contributed by atoms with Crippen molar-refractivity contribution in [1.29, 1.82) is 0 Å². The summed E-state index contributed by atoms with van der Waals surface area (Å²) in [5.41, 5.74) is 3.29. The second kappa shape index (κ2) is 8.78. The number of nitrogens with one attached hydrogen (secondary N) is 1. The highest BCUT2D eigenvalue weighted by Crippen LogP contribution is 2.30. The Hall–Kier alpha value is -2.38. The lowest BCUT2D eigenvalue weighted by Crippen LogP contribution is -2.58. The number of hydrogen-bond donors (Lipinski definition) is 1. The van der Waals surface area contributed by atoms with E-state index in [1.165, 1.54) is 7.11 Å². The average molecular weight is 429 g/mol. The predicted octanol–water partition coefficient (Wildman–Crippen LogP) is 3.58. The molecule has 160 valence electrons. The van der Waals surface area contributed by atoms with Crippen LogP contribution in [-0.2, 0) is 21.2 Å². The maximum absolute atomic E-state index is 12.6. The first-order valence-corrected chi connectivity index (χ1v) is 12.0. The lowest BCUT2D eigenvalue weighted by molar-refractivity contribution is 0.0792. The van der Waals surface area contributed by atoms with Gasteiger partial charge in [-0.25, -0.2) is 17.9 Å². The number of benzene rings is 2. The number of sulfonamides is 1. The Morgan fingerprint density at radius 3 is 2.50 bits per heavy atom. The number of amides is 1. The highest BCUT2D eigenvalue weighted by molar-refractivity contribution is 7.90. The molecule has 1 amide bonds. The van der Waals surface area contributed by atoms with Crippen LogP contribution in [0.2, 0.25) is 0 Å². The van der Waals surface area contributed by atoms with Crippen molar-refractivity contribution >= 4 is 16.1 Å². The molecule has 1 saturated carbocycles. The van der Waals surface area contributed by atoms with E-state index >= 15 is 0 Å². The Labute approximate surface area is 178 Å². The molecule has 2 fully saturated rings. The highest BCUT2D eigenvalue weighted by atomic mass is 32.2. The zero-order valence-corrected chi connectivity index (χ0v) is 18.0. The maximum Gasteiger partial charge on any atom is 0.409 e. The van der Waals surface area contributed by atoms with Crippen LogP contribution in [0.4, 0.5) is 4.79 Å². The first kappa shape index (κ1) is 20.9. The van der Waals surface area contributed by atoms with E-state index in [4.69, 9.17) is 4.74 Å². The van der Waals surface area contributed by atoms with Gasteiger partial charge < -0.3 is 9.64 Å². The normalized spacial score (nSPS) is 22.0. The number of likely N-dealkylation sites (tertiary alicyclic amines) is 1. The number of hydrogen-bond acceptors (Lipinski definition) is 4. The van der Waals surface area contributed by atoms with Gasteiger partial charge >= 0.3 is 6.09 Å². The fourth-order valence-corrected chi connectivity index (χ4v) is 5.87. The lowest BCUT2D eigenvalue weighted by Gasteiger charge is -2.40. The third-order valence-corrected chi connectivity index (χ3v) is 7.93. The Bertz CT molecular complexity index is 989. The molecule has 2 aromatic rings. The molecule has 2 aromatic carbocycles. The van der Waals surface area contributed by atoms with Crippen molar-refractivity contribution in [1.82, 2.24) is 9.62 Å². The number of carbonyl (C=O) groups is 1. The van der Waals surface area contributed by atoms with Crippen molar-refractivity contribution in [3.8, 4) is 11.1 Å². The number of methoxy groups -OCH3 is 1. The Morgan fingerprint density at radius 2 is 1.80 bits per heavy atom. The first-order chi connectivity index (χ1) is 14.5. The summed E-state index contributed by atoms with van der Waals surface area (Å²) in [4.78, 5) is 14.1. The van der Waals surface area contributed by atoms with Crippen molar-refractivity contribution in [3.63, 3.8) is 0 Å². The number of carbonyl (C=O) groups excluding carboxylic acids is 1. The molecular formula is C23H28N2O4S. The fourth-order valence-electron chi connectivity index (χ4n) is 4.23. The third-order valence-electron chi connectivity index (χ3n) is 5.95. The smallest absolute Gasteiger partial charge is 0.409 e. The van der Waals surface area contributed by atoms with E-state index in [-0.39, 0.29) is 17.3 Å². The minimum atomic E-state index is -3.35. The molecule has 30 heavy (non-hydrogen) atoms. The molecule has 0 aromatic heterocycles. The van der Waals surface area contributed by atoms with E-state index in [1.54, 1.807) is 4.90 Å². The SMILES string of the molecule is COC(=O)N1CCC[C@@H](NS(=O)(=O)C2CC2)[C@H]1Cc1cccc(-c2ccccc2)c1. The summed E-state index contributed by atoms with van der Waals surface area (Å²) in [6.07, 6.45) is 3.04. The summed E-state index contributed by atoms with van der Waals surface area (Å²) < 4.78 is 33.1. The predicted molar refractivity (Wildman–Crippen MR) is 117 cm³/mol. The monoisotopic (exact) mass is 428 g/mol. The van der Waals surface area contributed by atoms with Gasteiger partial charge in [-0.3, -0.25) is 0 Å². The van der Waals surface area contributed by atoms with E-state index in [2.05, 4.69) is 29.0 Å². The molecule has 7 heteroatoms. The Balaban J connectivity index is 1.60. The zero-order valence-electron chi connectivity index (χ0n) is 17.2. The Kier molecular flexibility index (Phi) is 6.11. The van der Waals surface area contributed by atoms with Crippen molar-refractivity contribution in [2.24, 2.45) is 0 Å². The molecule has 0 spiro atoms. The van der Waals surface area contributed by atoms with Gasteiger partial charge in [-0.2, -0.15) is 0 Å². The molecule has 4 rings (SSSR count). The summed E-state index contributed by atoms with van der Waals surface area (Å²) >= 11 is 0. The zero-order chi connectivity index (χ0) is 21.1. The molecule has 0 bridgehead atoms. The molecule has 1 aliphatic heterocycles. The van der Waals surface area contributed by atoms with Gasteiger partial charge in [0, 0.05) is 12.6 Å². The molecule has 2 atom stereocenters. The third kappa shape index (κ3) is 4.68. The van der Waals surface area contributed by atoms with E-state index in [0.717, 1.165) is 23.1 Å². The minimum Gasteiger partial charge on any atom is -0.453 e. The number of piperidine rings is 1. The second-order valence-electron chi connectivity index (χ2n) is 8.11. The maximum atomic E-state index is 12.6. The molecule has 1 heterocycles. The van der Waals surface area contributed by atoms with Crippen LogP contribution in [0.3, 0.4) is 0 Å². The van der Waals surface area contributed by atoms with Gasteiger partial charge in [-0.15, -0.1) is 0 Å². The van der Waals surface area contributed by atoms with Crippen molar-refractivity contribution < 1.29 is 17.9 Å². The summed E-state index contributed by atoms with van der Waals surface area (Å²) in [5, 5.41) is -0.284. The highest BCUT2D eigenvalue weighted by Gasteiger charge is 2.41. The molecule has 1 N–H and O–H groups in total. The van der Waals surface area contributed by atoms with Crippen molar-refractivity contribution in [2.45, 2.75) is 49.4 Å². The van der Waals surface area contributed by atoms with Crippen molar-refractivity contribution in [2.75, 3.05) is 13.7 Å². The molecule has 0 radical (unpaired) electrons. The lowest BCUT2D eigenvalue weighted by atomic mass is 9.90. The standard InChI is InChI=1S/C23H28N2O4S/c1-29-23(26)25-14-6-11-21(24-30(27,28)20-12-13-20)22(25)16-17-7-5-10-19(15-17)18-8-3-2-4-9-18/h2-5,7-10,15,20-22,24H,6,11-14,16H2,1H3/t21-,22-/m1/s1. The second-order valence-corrected chi connectivity index (χ2v) is 10.1. The number of ether oxygens (including phenoxy) is 1. The number of nitrogens with zero attached hydrogens (tertiary/aromatic N) is 1. The van der Waals surface area contributed by atoms with Crippen LogP contribution in [0.25, 0.3) is 11.1 Å². The van der Waals surface area contributed by atoms with Gasteiger partial charge in [-0.1, -0.05) is 54.6 Å². The quantitative estimate of drug-likeness (QED) is 0.763. The van der Waals surface area contributed by atoms with Crippen LogP contribution in [0.15, 0.2) is 54.6 Å². The average Bonchev–Trinajstić information content (AvgIpc) is 3.61. The molecule has 6 nitrogen and oxygen atoms in total. The van der Waals surface area contributed by atoms with Crippen LogP contribution >= 0.6 is 0 Å². The molecule has 0 unspecified atom stereocenters. The van der Waals surface area contributed by atoms with Crippen LogP contribution in [0.1, 0.15) is 31.2 Å². The minimum absolute atomic E-state index is 0.284. The molecular weight excluding hydrogens is 400 g/mol. The van der Waals surface area contributed by atoms with E-state index in [9.17, 15) is 13.2 Å². The molecule has 2 aliphatic rings. The summed E-state index contributed by atoms with van der Waals surface area (Å²) in [7, 11) is -1.98. The number of rotatable bonds is 6. The van der Waals surface area contributed by atoms with Gasteiger partial charge in [0.25, 0.3) is 0 Å². The van der Waals surface area contributed by atoms with E-state index in [1.807, 2.05) is 30.3 Å². The van der Waals surface area contributed by atoms with Gasteiger partial charge in [0.1, 0.15) is 0 Å². The van der Waals surface area contributed by atoms with Gasteiger partial charge in [0.2, 0.25) is 10.0 Å². The van der Waals surface area contributed by atoms with Gasteiger partial charge in [-0.05, 0) is 48.8 Å². The summed E-state index contributed by atoms with van der Waals surface area (Å²) in [5.74, 6) is 0. The topological polar surface area (TPSA) is 75.7 Å². The first-order valence-electron chi connectivity index (χ1n) is 10.5. The largest absolute Gasteiger partial charge is 0.453 e. The van der Waals surface area contributed by atoms with Crippen LogP contribution in [-0.4, -0.2) is 50.4 Å². The van der Waals surface area contributed by atoms with Gasteiger partial charge in [0.15, 0.2) is 0 Å². The fraction of sp³-hybridized carbons (Fsp3) is 0.435. The van der Waals surface area contributed by atoms with Gasteiger partial charge in [0.05, 0.1) is 18.4 Å². The molecule has 1 aliphatic carbocycles. The van der Waals surface area contributed by atoms with Crippen LogP contribution in [0, 0.1) is 0 Å². The van der Waals surface area contributed by atoms with Crippen molar-refractivity contribution in [3.05, 3.63) is 60.2 Å².